The Morgan fingerprint density at radius 1 is 1.19 bits per heavy atom. The number of benzene rings is 1. The summed E-state index contributed by atoms with van der Waals surface area (Å²) < 4.78 is 0. The van der Waals surface area contributed by atoms with Gasteiger partial charge in [0.15, 0.2) is 0 Å². The molecule has 0 spiro atoms. The summed E-state index contributed by atoms with van der Waals surface area (Å²) in [4.78, 5) is 17.8. The molecule has 0 aliphatic carbocycles. The van der Waals surface area contributed by atoms with Crippen LogP contribution in [0.15, 0.2) is 42.5 Å². The highest BCUT2D eigenvalue weighted by molar-refractivity contribution is 5.89. The van der Waals surface area contributed by atoms with Crippen molar-refractivity contribution in [3.05, 3.63) is 65.0 Å². The summed E-state index contributed by atoms with van der Waals surface area (Å²) in [7, 11) is 2.02. The van der Waals surface area contributed by atoms with Crippen molar-refractivity contribution in [2.24, 2.45) is 0 Å². The highest BCUT2D eigenvalue weighted by Crippen LogP contribution is 2.11. The van der Waals surface area contributed by atoms with Gasteiger partial charge in [-0.2, -0.15) is 0 Å². The average Bonchev–Trinajstić information content (AvgIpc) is 2.45. The largest absolute Gasteiger partial charge is 0.478 e. The van der Waals surface area contributed by atoms with Crippen LogP contribution in [-0.2, 0) is 13.0 Å². The van der Waals surface area contributed by atoms with Gasteiger partial charge in [-0.25, -0.2) is 4.79 Å². The molecule has 4 nitrogen and oxygen atoms in total. The highest BCUT2D eigenvalue weighted by atomic mass is 16.4. The van der Waals surface area contributed by atoms with Gasteiger partial charge in [0.1, 0.15) is 0 Å². The van der Waals surface area contributed by atoms with E-state index in [0.29, 0.717) is 12.0 Å². The highest BCUT2D eigenvalue weighted by Gasteiger charge is 2.10. The van der Waals surface area contributed by atoms with Gasteiger partial charge in [0.25, 0.3) is 0 Å². The van der Waals surface area contributed by atoms with E-state index in [0.717, 1.165) is 30.0 Å². The lowest BCUT2D eigenvalue weighted by Crippen LogP contribution is -2.22. The van der Waals surface area contributed by atoms with Crippen molar-refractivity contribution in [3.8, 4) is 0 Å². The van der Waals surface area contributed by atoms with Crippen LogP contribution in [0.4, 0.5) is 0 Å². The molecule has 0 amide bonds. The Balaban J connectivity index is 1.95. The van der Waals surface area contributed by atoms with Gasteiger partial charge in [-0.1, -0.05) is 24.3 Å². The molecular weight excluding hydrogens is 264 g/mol. The van der Waals surface area contributed by atoms with Gasteiger partial charge in [0.05, 0.1) is 11.3 Å². The molecule has 2 aromatic rings. The third-order valence-corrected chi connectivity index (χ3v) is 3.39. The maximum Gasteiger partial charge on any atom is 0.335 e. The van der Waals surface area contributed by atoms with Crippen LogP contribution in [0, 0.1) is 6.92 Å². The Morgan fingerprint density at radius 2 is 1.95 bits per heavy atom. The summed E-state index contributed by atoms with van der Waals surface area (Å²) in [5.41, 5.74) is 3.30. The quantitative estimate of drug-likeness (QED) is 0.886. The van der Waals surface area contributed by atoms with Gasteiger partial charge < -0.3 is 10.0 Å². The first-order valence-electron chi connectivity index (χ1n) is 6.98. The molecule has 4 heteroatoms. The molecule has 0 aliphatic rings. The molecule has 1 aromatic heterocycles. The third kappa shape index (κ3) is 4.39. The molecule has 2 rings (SSSR count). The summed E-state index contributed by atoms with van der Waals surface area (Å²) >= 11 is 0. The monoisotopic (exact) mass is 284 g/mol. The molecule has 0 fully saturated rings. The second kappa shape index (κ2) is 6.99. The van der Waals surface area contributed by atoms with E-state index >= 15 is 0 Å². The summed E-state index contributed by atoms with van der Waals surface area (Å²) in [6, 6.07) is 13.2. The first kappa shape index (κ1) is 15.2. The van der Waals surface area contributed by atoms with Crippen LogP contribution in [0.2, 0.25) is 0 Å². The van der Waals surface area contributed by atoms with Crippen molar-refractivity contribution >= 4 is 5.97 Å². The SMILES string of the molecule is Cc1cccc(CN(C)CCc2ccccc2C(=O)O)n1. The van der Waals surface area contributed by atoms with Crippen molar-refractivity contribution in [2.75, 3.05) is 13.6 Å². The third-order valence-electron chi connectivity index (χ3n) is 3.39. The Morgan fingerprint density at radius 3 is 2.67 bits per heavy atom. The standard InChI is InChI=1S/C17H20N2O2/c1-13-6-5-8-15(18-13)12-19(2)11-10-14-7-3-4-9-16(14)17(20)21/h3-9H,10-12H2,1-2H3,(H,20,21). The topological polar surface area (TPSA) is 53.4 Å². The van der Waals surface area contributed by atoms with Crippen LogP contribution in [0.1, 0.15) is 27.3 Å². The van der Waals surface area contributed by atoms with Crippen LogP contribution in [0.25, 0.3) is 0 Å². The number of aromatic nitrogens is 1. The van der Waals surface area contributed by atoms with E-state index < -0.39 is 5.97 Å². The van der Waals surface area contributed by atoms with Crippen LogP contribution < -0.4 is 0 Å². The number of rotatable bonds is 6. The molecule has 0 radical (unpaired) electrons. The van der Waals surface area contributed by atoms with Gasteiger partial charge in [0, 0.05) is 18.8 Å². The van der Waals surface area contributed by atoms with Crippen LogP contribution >= 0.6 is 0 Å². The van der Waals surface area contributed by atoms with Gasteiger partial charge in [-0.3, -0.25) is 4.98 Å². The van der Waals surface area contributed by atoms with Gasteiger partial charge >= 0.3 is 5.97 Å². The van der Waals surface area contributed by atoms with E-state index in [4.69, 9.17) is 0 Å². The maximum absolute atomic E-state index is 11.2. The molecule has 0 bridgehead atoms. The van der Waals surface area contributed by atoms with Gasteiger partial charge in [-0.15, -0.1) is 0 Å². The smallest absolute Gasteiger partial charge is 0.335 e. The molecule has 1 N–H and O–H groups in total. The number of aryl methyl sites for hydroxylation is 1. The number of nitrogens with zero attached hydrogens (tertiary/aromatic N) is 2. The molecule has 0 atom stereocenters. The van der Waals surface area contributed by atoms with Crippen molar-refractivity contribution in [1.82, 2.24) is 9.88 Å². The lowest BCUT2D eigenvalue weighted by Gasteiger charge is -2.17. The molecule has 0 aliphatic heterocycles. The molecule has 21 heavy (non-hydrogen) atoms. The number of carbonyl (C=O) groups is 1. The predicted octanol–water partition coefficient (Wildman–Crippen LogP) is 2.76. The molecular formula is C17H20N2O2. The molecule has 1 heterocycles. The Kier molecular flexibility index (Phi) is 5.06. The lowest BCUT2D eigenvalue weighted by molar-refractivity contribution is 0.0695. The Labute approximate surface area is 125 Å². The minimum atomic E-state index is -0.867. The van der Waals surface area contributed by atoms with E-state index in [9.17, 15) is 9.90 Å². The molecule has 0 saturated heterocycles. The molecule has 0 saturated carbocycles. The fourth-order valence-corrected chi connectivity index (χ4v) is 2.30. The minimum absolute atomic E-state index is 0.389. The second-order valence-electron chi connectivity index (χ2n) is 5.22. The number of hydrogen-bond donors (Lipinski definition) is 1. The predicted molar refractivity (Wildman–Crippen MR) is 82.4 cm³/mol. The Hall–Kier alpha value is -2.20. The normalized spacial score (nSPS) is 10.8. The van der Waals surface area contributed by atoms with Crippen molar-refractivity contribution in [2.45, 2.75) is 19.9 Å². The average molecular weight is 284 g/mol. The number of carboxylic acids is 1. The maximum atomic E-state index is 11.2. The summed E-state index contributed by atoms with van der Waals surface area (Å²) in [5.74, 6) is -0.867. The zero-order valence-corrected chi connectivity index (χ0v) is 12.4. The summed E-state index contributed by atoms with van der Waals surface area (Å²) in [6.07, 6.45) is 0.713. The van der Waals surface area contributed by atoms with Crippen molar-refractivity contribution in [3.63, 3.8) is 0 Å². The van der Waals surface area contributed by atoms with Crippen molar-refractivity contribution < 1.29 is 9.90 Å². The number of hydrogen-bond acceptors (Lipinski definition) is 3. The van der Waals surface area contributed by atoms with E-state index in [1.165, 1.54) is 0 Å². The molecule has 1 aromatic carbocycles. The Bertz CT molecular complexity index is 626. The number of pyridine rings is 1. The zero-order chi connectivity index (χ0) is 15.2. The minimum Gasteiger partial charge on any atom is -0.478 e. The van der Waals surface area contributed by atoms with Gasteiger partial charge in [-0.05, 0) is 44.2 Å². The molecule has 0 unspecified atom stereocenters. The molecule has 110 valence electrons. The van der Waals surface area contributed by atoms with Crippen LogP contribution in [0.5, 0.6) is 0 Å². The van der Waals surface area contributed by atoms with E-state index in [1.54, 1.807) is 12.1 Å². The number of likely N-dealkylation sites (N-methyl/N-ethyl adjacent to an activating group) is 1. The van der Waals surface area contributed by atoms with Gasteiger partial charge in [0.2, 0.25) is 0 Å². The number of carboxylic acid groups (broad SMARTS) is 1. The second-order valence-corrected chi connectivity index (χ2v) is 5.22. The lowest BCUT2D eigenvalue weighted by atomic mass is 10.0. The van der Waals surface area contributed by atoms with E-state index in [2.05, 4.69) is 9.88 Å². The van der Waals surface area contributed by atoms with E-state index in [-0.39, 0.29) is 0 Å². The number of aromatic carboxylic acids is 1. The fourth-order valence-electron chi connectivity index (χ4n) is 2.30. The van der Waals surface area contributed by atoms with Crippen molar-refractivity contribution in [1.29, 1.82) is 0 Å². The first-order chi connectivity index (χ1) is 10.1. The fraction of sp³-hybridized carbons (Fsp3) is 0.294. The van der Waals surface area contributed by atoms with Crippen LogP contribution in [0.3, 0.4) is 0 Å². The summed E-state index contributed by atoms with van der Waals surface area (Å²) in [6.45, 7) is 3.53. The van der Waals surface area contributed by atoms with Crippen LogP contribution in [-0.4, -0.2) is 34.6 Å². The summed E-state index contributed by atoms with van der Waals surface area (Å²) in [5, 5.41) is 9.17. The zero-order valence-electron chi connectivity index (χ0n) is 12.4. The van der Waals surface area contributed by atoms with E-state index in [1.807, 2.05) is 44.3 Å². The first-order valence-corrected chi connectivity index (χ1v) is 6.98.